The van der Waals surface area contributed by atoms with Gasteiger partial charge in [-0.1, -0.05) is 23.2 Å². The van der Waals surface area contributed by atoms with E-state index in [-0.39, 0.29) is 26.5 Å². The molecule has 0 spiro atoms. The molecule has 1 atom stereocenters. The number of fused-ring (bicyclic) bond motifs is 1. The number of carbonyl (C=O) groups is 2. The molecule has 1 heterocycles. The van der Waals surface area contributed by atoms with Gasteiger partial charge in [0.1, 0.15) is 0 Å². The van der Waals surface area contributed by atoms with Crippen molar-refractivity contribution in [2.75, 3.05) is 0 Å². The van der Waals surface area contributed by atoms with Crippen LogP contribution in [-0.2, 0) is 4.79 Å². The summed E-state index contributed by atoms with van der Waals surface area (Å²) in [5.41, 5.74) is 1.01. The number of phenols is 1. The molecule has 0 aliphatic rings. The Hall–Kier alpha value is -2.57. The zero-order chi connectivity index (χ0) is 20.0. The Balaban J connectivity index is 2.33. The molecule has 3 rings (SSSR count). The van der Waals surface area contributed by atoms with Crippen molar-refractivity contribution >= 4 is 46.0 Å². The number of aliphatic carboxylic acids is 1. The predicted molar refractivity (Wildman–Crippen MR) is 101 cm³/mol. The maximum absolute atomic E-state index is 14.0. The second-order valence-electron chi connectivity index (χ2n) is 6.15. The lowest BCUT2D eigenvalue weighted by atomic mass is 9.98. The first-order valence-corrected chi connectivity index (χ1v) is 8.65. The lowest BCUT2D eigenvalue weighted by Crippen LogP contribution is -2.15. The summed E-state index contributed by atoms with van der Waals surface area (Å²) < 4.78 is 15.2. The molecule has 0 amide bonds. The van der Waals surface area contributed by atoms with Crippen LogP contribution in [0.15, 0.2) is 30.3 Å². The number of aromatic hydroxyl groups is 1. The topological polar surface area (TPSA) is 79.5 Å². The number of carbonyl (C=O) groups excluding carboxylic acids is 1. The van der Waals surface area contributed by atoms with Gasteiger partial charge in [-0.15, -0.1) is 0 Å². The summed E-state index contributed by atoms with van der Waals surface area (Å²) in [5, 5.41) is 19.9. The molecule has 8 heteroatoms. The fourth-order valence-corrected chi connectivity index (χ4v) is 3.44. The van der Waals surface area contributed by atoms with E-state index in [0.717, 1.165) is 12.1 Å². The molecule has 2 aromatic carbocycles. The molecule has 5 nitrogen and oxygen atoms in total. The van der Waals surface area contributed by atoms with Crippen LogP contribution >= 0.6 is 23.2 Å². The van der Waals surface area contributed by atoms with E-state index in [1.165, 1.54) is 29.7 Å². The Labute approximate surface area is 163 Å². The number of phenolic OH excluding ortho intramolecular Hbond substituents is 1. The third-order valence-electron chi connectivity index (χ3n) is 4.49. The lowest BCUT2D eigenvalue weighted by molar-refractivity contribution is -0.138. The van der Waals surface area contributed by atoms with Crippen LogP contribution in [0.1, 0.15) is 34.5 Å². The first kappa shape index (κ1) is 19.2. The van der Waals surface area contributed by atoms with Crippen LogP contribution in [0, 0.1) is 12.7 Å². The fraction of sp³-hybridized carbons (Fsp3) is 0.158. The number of nitrogens with zero attached hydrogens (tertiary/aromatic N) is 1. The third kappa shape index (κ3) is 3.15. The van der Waals surface area contributed by atoms with Crippen LogP contribution in [0.5, 0.6) is 5.75 Å². The Morgan fingerprint density at radius 3 is 2.41 bits per heavy atom. The highest BCUT2D eigenvalue weighted by molar-refractivity contribution is 6.42. The van der Waals surface area contributed by atoms with E-state index in [1.54, 1.807) is 6.92 Å². The summed E-state index contributed by atoms with van der Waals surface area (Å²) in [7, 11) is 0. The van der Waals surface area contributed by atoms with Crippen molar-refractivity contribution in [1.82, 2.24) is 4.57 Å². The van der Waals surface area contributed by atoms with Crippen molar-refractivity contribution in [3.05, 3.63) is 63.0 Å². The molecule has 140 valence electrons. The zero-order valence-corrected chi connectivity index (χ0v) is 15.8. The van der Waals surface area contributed by atoms with Crippen molar-refractivity contribution < 1.29 is 24.2 Å². The largest absolute Gasteiger partial charge is 0.505 e. The highest BCUT2D eigenvalue weighted by Crippen LogP contribution is 2.36. The molecule has 1 unspecified atom stereocenters. The molecule has 0 saturated carbocycles. The summed E-state index contributed by atoms with van der Waals surface area (Å²) in [6, 6.07) is 6.45. The Bertz CT molecular complexity index is 1110. The minimum Gasteiger partial charge on any atom is -0.505 e. The SMILES string of the molecule is Cc1c(C(C)C(=O)O)c2cc(O)c(F)cc2n1C(=O)c1ccc(Cl)c(Cl)c1. The van der Waals surface area contributed by atoms with Gasteiger partial charge in [0, 0.05) is 22.7 Å². The molecule has 27 heavy (non-hydrogen) atoms. The standard InChI is InChI=1S/C19H14Cl2FNO4/c1-8(19(26)27)17-9(2)23(15-7-14(22)16(24)6-11(15)17)18(25)10-3-4-12(20)13(21)5-10/h3-8,24H,1-2H3,(H,26,27). The number of benzene rings is 2. The Morgan fingerprint density at radius 1 is 1.15 bits per heavy atom. The number of hydrogen-bond acceptors (Lipinski definition) is 3. The van der Waals surface area contributed by atoms with Crippen LogP contribution < -0.4 is 0 Å². The van der Waals surface area contributed by atoms with Crippen molar-refractivity contribution in [3.8, 4) is 5.75 Å². The van der Waals surface area contributed by atoms with E-state index >= 15 is 0 Å². The molecule has 1 aromatic heterocycles. The van der Waals surface area contributed by atoms with Crippen molar-refractivity contribution in [1.29, 1.82) is 0 Å². The average molecular weight is 410 g/mol. The minimum absolute atomic E-state index is 0.155. The van der Waals surface area contributed by atoms with Gasteiger partial charge in [0.25, 0.3) is 5.91 Å². The van der Waals surface area contributed by atoms with E-state index in [0.29, 0.717) is 11.3 Å². The summed E-state index contributed by atoms with van der Waals surface area (Å²) in [6.07, 6.45) is 0. The van der Waals surface area contributed by atoms with Gasteiger partial charge in [-0.05, 0) is 43.7 Å². The van der Waals surface area contributed by atoms with Gasteiger partial charge < -0.3 is 10.2 Å². The van der Waals surface area contributed by atoms with Gasteiger partial charge >= 0.3 is 5.97 Å². The Morgan fingerprint density at radius 2 is 1.81 bits per heavy atom. The lowest BCUT2D eigenvalue weighted by Gasteiger charge is -2.10. The van der Waals surface area contributed by atoms with Gasteiger partial charge in [0.05, 0.1) is 21.5 Å². The summed E-state index contributed by atoms with van der Waals surface area (Å²) in [6.45, 7) is 3.03. The van der Waals surface area contributed by atoms with Crippen molar-refractivity contribution in [2.24, 2.45) is 0 Å². The van der Waals surface area contributed by atoms with E-state index in [4.69, 9.17) is 23.2 Å². The van der Waals surface area contributed by atoms with Gasteiger partial charge in [0.15, 0.2) is 11.6 Å². The maximum atomic E-state index is 14.0. The molecule has 0 aliphatic carbocycles. The second kappa shape index (κ2) is 6.87. The Kier molecular flexibility index (Phi) is 4.88. The first-order valence-electron chi connectivity index (χ1n) is 7.89. The summed E-state index contributed by atoms with van der Waals surface area (Å²) in [5.74, 6) is -4.15. The number of aromatic nitrogens is 1. The maximum Gasteiger partial charge on any atom is 0.310 e. The summed E-state index contributed by atoms with van der Waals surface area (Å²) in [4.78, 5) is 24.6. The number of carboxylic acids is 1. The zero-order valence-electron chi connectivity index (χ0n) is 14.3. The fourth-order valence-electron chi connectivity index (χ4n) is 3.14. The van der Waals surface area contributed by atoms with Crippen LogP contribution in [-0.4, -0.2) is 26.7 Å². The summed E-state index contributed by atoms with van der Waals surface area (Å²) >= 11 is 11.9. The van der Waals surface area contributed by atoms with Crippen LogP contribution in [0.3, 0.4) is 0 Å². The van der Waals surface area contributed by atoms with Crippen LogP contribution in [0.2, 0.25) is 10.0 Å². The molecule has 0 fully saturated rings. The van der Waals surface area contributed by atoms with E-state index in [2.05, 4.69) is 0 Å². The highest BCUT2D eigenvalue weighted by atomic mass is 35.5. The molecule has 0 saturated heterocycles. The monoisotopic (exact) mass is 409 g/mol. The van der Waals surface area contributed by atoms with E-state index in [9.17, 15) is 24.2 Å². The van der Waals surface area contributed by atoms with Crippen molar-refractivity contribution in [2.45, 2.75) is 19.8 Å². The molecule has 3 aromatic rings. The molecular weight excluding hydrogens is 396 g/mol. The highest BCUT2D eigenvalue weighted by Gasteiger charge is 2.27. The van der Waals surface area contributed by atoms with E-state index in [1.807, 2.05) is 0 Å². The van der Waals surface area contributed by atoms with Crippen molar-refractivity contribution in [3.63, 3.8) is 0 Å². The number of halogens is 3. The molecule has 0 radical (unpaired) electrons. The van der Waals surface area contributed by atoms with Crippen LogP contribution in [0.25, 0.3) is 10.9 Å². The molecule has 0 aliphatic heterocycles. The normalized spacial score (nSPS) is 12.3. The minimum atomic E-state index is -1.11. The molecule has 0 bridgehead atoms. The molecular formula is C19H14Cl2FNO4. The first-order chi connectivity index (χ1) is 12.6. The van der Waals surface area contributed by atoms with Gasteiger partial charge in [0.2, 0.25) is 0 Å². The third-order valence-corrected chi connectivity index (χ3v) is 5.23. The second-order valence-corrected chi connectivity index (χ2v) is 6.96. The smallest absolute Gasteiger partial charge is 0.310 e. The molecule has 2 N–H and O–H groups in total. The average Bonchev–Trinajstić information content (AvgIpc) is 2.87. The number of rotatable bonds is 3. The van der Waals surface area contributed by atoms with E-state index < -0.39 is 29.4 Å². The predicted octanol–water partition coefficient (Wildman–Crippen LogP) is 4.98. The number of carboxylic acid groups (broad SMARTS) is 1. The van der Waals surface area contributed by atoms with Crippen LogP contribution in [0.4, 0.5) is 4.39 Å². The number of hydrogen-bond donors (Lipinski definition) is 2. The van der Waals surface area contributed by atoms with Gasteiger partial charge in [-0.3, -0.25) is 14.2 Å². The quantitative estimate of drug-likeness (QED) is 0.639. The van der Waals surface area contributed by atoms with Gasteiger partial charge in [-0.25, -0.2) is 4.39 Å². The van der Waals surface area contributed by atoms with Gasteiger partial charge in [-0.2, -0.15) is 0 Å².